The second kappa shape index (κ2) is 13.4. The first-order valence-corrected chi connectivity index (χ1v) is 15.5. The molecule has 3 aromatic rings. The van der Waals surface area contributed by atoms with Crippen molar-refractivity contribution in [2.75, 3.05) is 18.0 Å². The first-order valence-electron chi connectivity index (χ1n) is 13.7. The van der Waals surface area contributed by atoms with Crippen molar-refractivity contribution in [1.82, 2.24) is 10.2 Å². The Morgan fingerprint density at radius 2 is 1.68 bits per heavy atom. The zero-order chi connectivity index (χ0) is 29.6. The summed E-state index contributed by atoms with van der Waals surface area (Å²) in [6, 6.07) is 19.4. The highest BCUT2D eigenvalue weighted by molar-refractivity contribution is 7.92. The maximum Gasteiger partial charge on any atom is 0.264 e. The summed E-state index contributed by atoms with van der Waals surface area (Å²) < 4.78 is 34.0. The summed E-state index contributed by atoms with van der Waals surface area (Å²) in [5.41, 5.74) is 2.09. The van der Waals surface area contributed by atoms with Crippen LogP contribution in [0.5, 0.6) is 5.75 Å². The maximum absolute atomic E-state index is 14.0. The third-order valence-electron chi connectivity index (χ3n) is 7.38. The summed E-state index contributed by atoms with van der Waals surface area (Å²) in [5, 5.41) is 3.27. The third kappa shape index (κ3) is 7.40. The van der Waals surface area contributed by atoms with E-state index in [0.29, 0.717) is 5.75 Å². The maximum atomic E-state index is 14.0. The molecule has 0 spiro atoms. The van der Waals surface area contributed by atoms with Gasteiger partial charge in [0, 0.05) is 12.6 Å². The molecular weight excluding hydrogens is 562 g/mol. The zero-order valence-corrected chi connectivity index (χ0v) is 25.1. The van der Waals surface area contributed by atoms with Gasteiger partial charge in [-0.3, -0.25) is 13.9 Å². The van der Waals surface area contributed by atoms with Crippen LogP contribution < -0.4 is 14.4 Å². The summed E-state index contributed by atoms with van der Waals surface area (Å²) >= 11 is 6.37. The molecule has 1 fully saturated rings. The predicted octanol–water partition coefficient (Wildman–Crippen LogP) is 5.33. The fraction of sp³-hybridized carbons (Fsp3) is 0.355. The van der Waals surface area contributed by atoms with Gasteiger partial charge in [0.15, 0.2) is 0 Å². The van der Waals surface area contributed by atoms with Crippen molar-refractivity contribution >= 4 is 39.1 Å². The third-order valence-corrected chi connectivity index (χ3v) is 9.46. The first kappa shape index (κ1) is 30.4. The number of hydrogen-bond acceptors (Lipinski definition) is 5. The van der Waals surface area contributed by atoms with Crippen LogP contribution in [0.1, 0.15) is 43.7 Å². The van der Waals surface area contributed by atoms with Crippen LogP contribution in [0.2, 0.25) is 5.02 Å². The van der Waals surface area contributed by atoms with Gasteiger partial charge in [0.1, 0.15) is 18.3 Å². The molecule has 218 valence electrons. The molecule has 1 saturated carbocycles. The summed E-state index contributed by atoms with van der Waals surface area (Å²) in [5.74, 6) is -0.412. The Kier molecular flexibility index (Phi) is 9.94. The number of benzene rings is 3. The van der Waals surface area contributed by atoms with E-state index in [2.05, 4.69) is 5.32 Å². The number of sulfonamides is 1. The molecule has 0 saturated heterocycles. The Bertz CT molecular complexity index is 1460. The van der Waals surface area contributed by atoms with Gasteiger partial charge in [-0.15, -0.1) is 0 Å². The molecule has 3 aromatic carbocycles. The molecule has 0 heterocycles. The van der Waals surface area contributed by atoms with E-state index in [-0.39, 0.29) is 34.1 Å². The van der Waals surface area contributed by atoms with E-state index in [1.165, 1.54) is 30.2 Å². The van der Waals surface area contributed by atoms with Crippen LogP contribution in [0, 0.1) is 6.92 Å². The van der Waals surface area contributed by atoms with Gasteiger partial charge in [0.2, 0.25) is 11.8 Å². The molecule has 0 radical (unpaired) electrons. The minimum atomic E-state index is -4.18. The van der Waals surface area contributed by atoms with Crippen molar-refractivity contribution in [3.05, 3.63) is 88.9 Å². The first-order chi connectivity index (χ1) is 19.6. The monoisotopic (exact) mass is 597 g/mol. The van der Waals surface area contributed by atoms with Crippen LogP contribution in [0.3, 0.4) is 0 Å². The SMILES string of the molecule is COc1ccc(N(CC(=O)N(Cc2ccc(C)cc2)[C@H](C)C(=O)NC2CCCC2)S(=O)(=O)c2ccccc2)cc1Cl. The number of aryl methyl sites for hydroxylation is 1. The number of amides is 2. The number of methoxy groups -OCH3 is 1. The number of halogens is 1. The standard InChI is InChI=1S/C31H36ClN3O5S/c1-22-13-15-24(16-14-22)20-34(23(2)31(37)33-25-9-7-8-10-25)30(36)21-35(26-17-18-29(40-3)28(32)19-26)41(38,39)27-11-5-4-6-12-27/h4-6,11-19,23,25H,7-10,20-21H2,1-3H3,(H,33,37)/t23-/m1/s1. The topological polar surface area (TPSA) is 96.0 Å². The van der Waals surface area contributed by atoms with Crippen LogP contribution in [-0.4, -0.2) is 50.9 Å². The smallest absolute Gasteiger partial charge is 0.264 e. The van der Waals surface area contributed by atoms with Crippen molar-refractivity contribution < 1.29 is 22.7 Å². The van der Waals surface area contributed by atoms with E-state index < -0.39 is 28.5 Å². The Labute approximate surface area is 247 Å². The number of hydrogen-bond donors (Lipinski definition) is 1. The number of carbonyl (C=O) groups is 2. The van der Waals surface area contributed by atoms with Gasteiger partial charge in [0.05, 0.1) is 22.7 Å². The number of nitrogens with zero attached hydrogens (tertiary/aromatic N) is 2. The van der Waals surface area contributed by atoms with E-state index in [0.717, 1.165) is 41.1 Å². The summed E-state index contributed by atoms with van der Waals surface area (Å²) in [6.45, 7) is 3.25. The minimum Gasteiger partial charge on any atom is -0.495 e. The van der Waals surface area contributed by atoms with Crippen LogP contribution in [-0.2, 0) is 26.2 Å². The van der Waals surface area contributed by atoms with Gasteiger partial charge in [-0.2, -0.15) is 0 Å². The van der Waals surface area contributed by atoms with Crippen molar-refractivity contribution in [3.8, 4) is 5.75 Å². The van der Waals surface area contributed by atoms with Gasteiger partial charge < -0.3 is 15.0 Å². The largest absolute Gasteiger partial charge is 0.495 e. The lowest BCUT2D eigenvalue weighted by Gasteiger charge is -2.32. The van der Waals surface area contributed by atoms with Crippen LogP contribution >= 0.6 is 11.6 Å². The Morgan fingerprint density at radius 3 is 2.29 bits per heavy atom. The van der Waals surface area contributed by atoms with Crippen molar-refractivity contribution in [2.24, 2.45) is 0 Å². The van der Waals surface area contributed by atoms with Crippen LogP contribution in [0.4, 0.5) is 5.69 Å². The van der Waals surface area contributed by atoms with Crippen molar-refractivity contribution in [3.63, 3.8) is 0 Å². The van der Waals surface area contributed by atoms with E-state index in [9.17, 15) is 18.0 Å². The van der Waals surface area contributed by atoms with Gasteiger partial charge >= 0.3 is 0 Å². The highest BCUT2D eigenvalue weighted by Gasteiger charge is 2.33. The zero-order valence-electron chi connectivity index (χ0n) is 23.5. The summed E-state index contributed by atoms with van der Waals surface area (Å²) in [7, 11) is -2.71. The molecule has 1 N–H and O–H groups in total. The van der Waals surface area contributed by atoms with Gasteiger partial charge in [-0.1, -0.05) is 72.5 Å². The molecule has 1 atom stereocenters. The Morgan fingerprint density at radius 1 is 1.02 bits per heavy atom. The van der Waals surface area contributed by atoms with Crippen LogP contribution in [0.15, 0.2) is 77.7 Å². The molecule has 0 aromatic heterocycles. The molecule has 10 heteroatoms. The Balaban J connectivity index is 1.70. The van der Waals surface area contributed by atoms with E-state index >= 15 is 0 Å². The molecule has 1 aliphatic carbocycles. The van der Waals surface area contributed by atoms with Crippen LogP contribution in [0.25, 0.3) is 0 Å². The fourth-order valence-corrected chi connectivity index (χ4v) is 6.60. The van der Waals surface area contributed by atoms with E-state index in [1.54, 1.807) is 37.3 Å². The molecule has 1 aliphatic rings. The second-order valence-corrected chi connectivity index (χ2v) is 12.6. The van der Waals surface area contributed by atoms with Gasteiger partial charge in [-0.25, -0.2) is 8.42 Å². The predicted molar refractivity (Wildman–Crippen MR) is 161 cm³/mol. The lowest BCUT2D eigenvalue weighted by molar-refractivity contribution is -0.139. The second-order valence-electron chi connectivity index (χ2n) is 10.3. The molecule has 4 rings (SSSR count). The molecular formula is C31H36ClN3O5S. The number of anilines is 1. The molecule has 8 nitrogen and oxygen atoms in total. The minimum absolute atomic E-state index is 0.0249. The average Bonchev–Trinajstić information content (AvgIpc) is 3.48. The normalized spacial score (nSPS) is 14.3. The lowest BCUT2D eigenvalue weighted by Crippen LogP contribution is -2.52. The highest BCUT2D eigenvalue weighted by Crippen LogP contribution is 2.32. The average molecular weight is 598 g/mol. The molecule has 41 heavy (non-hydrogen) atoms. The number of rotatable bonds is 11. The Hall–Kier alpha value is -3.56. The highest BCUT2D eigenvalue weighted by atomic mass is 35.5. The number of ether oxygens (including phenoxy) is 1. The lowest BCUT2D eigenvalue weighted by atomic mass is 10.1. The van der Waals surface area contributed by atoms with Gasteiger partial charge in [-0.05, 0) is 62.6 Å². The fourth-order valence-electron chi connectivity index (χ4n) is 4.92. The molecule has 0 aliphatic heterocycles. The van der Waals surface area contributed by atoms with Gasteiger partial charge in [0.25, 0.3) is 10.0 Å². The van der Waals surface area contributed by atoms with E-state index in [4.69, 9.17) is 16.3 Å². The van der Waals surface area contributed by atoms with E-state index in [1.807, 2.05) is 31.2 Å². The summed E-state index contributed by atoms with van der Waals surface area (Å²) in [4.78, 5) is 28.8. The molecule has 2 amide bonds. The molecule has 0 unspecified atom stereocenters. The van der Waals surface area contributed by atoms with Crippen molar-refractivity contribution in [2.45, 2.75) is 63.1 Å². The summed E-state index contributed by atoms with van der Waals surface area (Å²) in [6.07, 6.45) is 3.93. The number of nitrogens with one attached hydrogen (secondary N) is 1. The molecule has 0 bridgehead atoms. The van der Waals surface area contributed by atoms with Crippen molar-refractivity contribution in [1.29, 1.82) is 0 Å². The number of carbonyl (C=O) groups excluding carboxylic acids is 2. The quantitative estimate of drug-likeness (QED) is 0.322.